The lowest BCUT2D eigenvalue weighted by molar-refractivity contribution is 0.0258. The molecule has 0 spiro atoms. The molecule has 0 radical (unpaired) electrons. The Balaban J connectivity index is 2.34. The van der Waals surface area contributed by atoms with E-state index < -0.39 is 0 Å². The Morgan fingerprint density at radius 1 is 1.36 bits per heavy atom. The van der Waals surface area contributed by atoms with Gasteiger partial charge in [0.1, 0.15) is 5.15 Å². The van der Waals surface area contributed by atoms with Gasteiger partial charge >= 0.3 is 0 Å². The molecule has 0 bridgehead atoms. The predicted molar refractivity (Wildman–Crippen MR) is 92.3 cm³/mol. The van der Waals surface area contributed by atoms with Gasteiger partial charge in [-0.2, -0.15) is 0 Å². The number of guanidine groups is 1. The van der Waals surface area contributed by atoms with Crippen molar-refractivity contribution in [3.05, 3.63) is 29.0 Å². The van der Waals surface area contributed by atoms with Crippen LogP contribution in [0.5, 0.6) is 0 Å². The highest BCUT2D eigenvalue weighted by atomic mass is 35.5. The molecular weight excluding hydrogens is 300 g/mol. The number of pyridine rings is 1. The molecule has 0 aromatic carbocycles. The molecule has 0 fully saturated rings. The molecule has 1 atom stereocenters. The van der Waals surface area contributed by atoms with Gasteiger partial charge in [0.05, 0.1) is 6.10 Å². The topological polar surface area (TPSA) is 58.5 Å². The van der Waals surface area contributed by atoms with Crippen molar-refractivity contribution in [2.24, 2.45) is 10.9 Å². The lowest BCUT2D eigenvalue weighted by atomic mass is 10.0. The van der Waals surface area contributed by atoms with Crippen LogP contribution in [0.2, 0.25) is 5.15 Å². The van der Waals surface area contributed by atoms with Crippen LogP contribution in [0.1, 0.15) is 32.8 Å². The number of rotatable bonds is 8. The SMILES string of the molecule is CCOC(CCNC(=NC)NCc1ccc(Cl)nc1)C(C)C. The molecule has 1 rings (SSSR count). The van der Waals surface area contributed by atoms with E-state index in [2.05, 4.69) is 34.5 Å². The van der Waals surface area contributed by atoms with E-state index in [0.29, 0.717) is 17.6 Å². The third-order valence-corrected chi connectivity index (χ3v) is 3.54. The third-order valence-electron chi connectivity index (χ3n) is 3.32. The largest absolute Gasteiger partial charge is 0.378 e. The van der Waals surface area contributed by atoms with Gasteiger partial charge in [-0.05, 0) is 30.9 Å². The van der Waals surface area contributed by atoms with Crippen molar-refractivity contribution in [1.29, 1.82) is 0 Å². The second-order valence-corrected chi connectivity index (χ2v) is 5.76. The summed E-state index contributed by atoms with van der Waals surface area (Å²) in [5.41, 5.74) is 1.06. The predicted octanol–water partition coefficient (Wildman–Crippen LogP) is 2.85. The molecule has 1 unspecified atom stereocenters. The minimum atomic E-state index is 0.274. The van der Waals surface area contributed by atoms with Crippen molar-refractivity contribution in [2.75, 3.05) is 20.2 Å². The number of hydrogen-bond donors (Lipinski definition) is 2. The second kappa shape index (κ2) is 10.4. The molecule has 0 amide bonds. The summed E-state index contributed by atoms with van der Waals surface area (Å²) in [6.07, 6.45) is 2.98. The van der Waals surface area contributed by atoms with Crippen molar-refractivity contribution in [1.82, 2.24) is 15.6 Å². The summed E-state index contributed by atoms with van der Waals surface area (Å²) in [5.74, 6) is 1.28. The smallest absolute Gasteiger partial charge is 0.191 e. The molecule has 5 nitrogen and oxygen atoms in total. The zero-order valence-electron chi connectivity index (χ0n) is 13.9. The number of aliphatic imine (C=N–C) groups is 1. The fraction of sp³-hybridized carbons (Fsp3) is 0.625. The Bertz CT molecular complexity index is 448. The van der Waals surface area contributed by atoms with E-state index >= 15 is 0 Å². The normalized spacial score (nSPS) is 13.3. The van der Waals surface area contributed by atoms with Gasteiger partial charge < -0.3 is 15.4 Å². The summed E-state index contributed by atoms with van der Waals surface area (Å²) in [5, 5.41) is 7.06. The van der Waals surface area contributed by atoms with E-state index in [1.54, 1.807) is 19.3 Å². The first-order valence-corrected chi connectivity index (χ1v) is 8.11. The van der Waals surface area contributed by atoms with E-state index in [4.69, 9.17) is 16.3 Å². The van der Waals surface area contributed by atoms with Crippen LogP contribution in [-0.2, 0) is 11.3 Å². The average Bonchev–Trinajstić information content (AvgIpc) is 2.51. The van der Waals surface area contributed by atoms with Crippen molar-refractivity contribution < 1.29 is 4.74 Å². The molecule has 1 heterocycles. The Hall–Kier alpha value is -1.33. The quantitative estimate of drug-likeness (QED) is 0.438. The number of halogens is 1. The van der Waals surface area contributed by atoms with Gasteiger partial charge in [0.25, 0.3) is 0 Å². The summed E-state index contributed by atoms with van der Waals surface area (Å²) < 4.78 is 5.74. The maximum atomic E-state index is 5.77. The number of hydrogen-bond acceptors (Lipinski definition) is 3. The zero-order valence-corrected chi connectivity index (χ0v) is 14.7. The minimum absolute atomic E-state index is 0.274. The van der Waals surface area contributed by atoms with Crippen molar-refractivity contribution in [2.45, 2.75) is 39.8 Å². The third kappa shape index (κ3) is 7.09. The van der Waals surface area contributed by atoms with Crippen LogP contribution in [0.25, 0.3) is 0 Å². The summed E-state index contributed by atoms with van der Waals surface area (Å²) in [6.45, 7) is 8.62. The Morgan fingerprint density at radius 2 is 2.14 bits per heavy atom. The molecule has 6 heteroatoms. The van der Waals surface area contributed by atoms with Gasteiger partial charge in [-0.15, -0.1) is 0 Å². The fourth-order valence-corrected chi connectivity index (χ4v) is 2.19. The van der Waals surface area contributed by atoms with Crippen LogP contribution in [0.4, 0.5) is 0 Å². The highest BCUT2D eigenvalue weighted by molar-refractivity contribution is 6.29. The molecule has 0 aliphatic rings. The maximum absolute atomic E-state index is 5.77. The number of aromatic nitrogens is 1. The van der Waals surface area contributed by atoms with Gasteiger partial charge in [-0.1, -0.05) is 31.5 Å². The molecule has 22 heavy (non-hydrogen) atoms. The van der Waals surface area contributed by atoms with Crippen molar-refractivity contribution in [3.63, 3.8) is 0 Å². The van der Waals surface area contributed by atoms with E-state index in [1.165, 1.54) is 0 Å². The second-order valence-electron chi connectivity index (χ2n) is 5.37. The summed E-state index contributed by atoms with van der Waals surface area (Å²) in [7, 11) is 1.76. The Morgan fingerprint density at radius 3 is 2.68 bits per heavy atom. The van der Waals surface area contributed by atoms with Crippen molar-refractivity contribution >= 4 is 17.6 Å². The first-order valence-electron chi connectivity index (χ1n) is 7.73. The molecular formula is C16H27ClN4O. The summed E-state index contributed by atoms with van der Waals surface area (Å²) >= 11 is 5.77. The average molecular weight is 327 g/mol. The Kier molecular flexibility index (Phi) is 8.85. The zero-order chi connectivity index (χ0) is 16.4. The monoisotopic (exact) mass is 326 g/mol. The van der Waals surface area contributed by atoms with Crippen LogP contribution < -0.4 is 10.6 Å². The first-order chi connectivity index (χ1) is 10.6. The number of ether oxygens (including phenoxy) is 1. The molecule has 1 aromatic rings. The lowest BCUT2D eigenvalue weighted by Gasteiger charge is -2.21. The van der Waals surface area contributed by atoms with E-state index in [1.807, 2.05) is 13.0 Å². The first kappa shape index (κ1) is 18.7. The molecule has 2 N–H and O–H groups in total. The molecule has 0 saturated carbocycles. The van der Waals surface area contributed by atoms with E-state index in [0.717, 1.165) is 31.1 Å². The van der Waals surface area contributed by atoms with Crippen LogP contribution >= 0.6 is 11.6 Å². The van der Waals surface area contributed by atoms with E-state index in [-0.39, 0.29) is 6.10 Å². The highest BCUT2D eigenvalue weighted by Crippen LogP contribution is 2.10. The maximum Gasteiger partial charge on any atom is 0.191 e. The summed E-state index contributed by atoms with van der Waals surface area (Å²) in [4.78, 5) is 8.27. The van der Waals surface area contributed by atoms with Gasteiger partial charge in [0.15, 0.2) is 5.96 Å². The number of nitrogens with zero attached hydrogens (tertiary/aromatic N) is 2. The van der Waals surface area contributed by atoms with Gasteiger partial charge in [0, 0.05) is 32.9 Å². The molecule has 0 saturated heterocycles. The van der Waals surface area contributed by atoms with Gasteiger partial charge in [0.2, 0.25) is 0 Å². The van der Waals surface area contributed by atoms with Crippen LogP contribution in [-0.4, -0.2) is 37.2 Å². The standard InChI is InChI=1S/C16H27ClN4O/c1-5-22-14(12(2)3)8-9-19-16(18-4)21-11-13-6-7-15(17)20-10-13/h6-7,10,12,14H,5,8-9,11H2,1-4H3,(H2,18,19,21). The van der Waals surface area contributed by atoms with E-state index in [9.17, 15) is 0 Å². The Labute approximate surface area is 138 Å². The van der Waals surface area contributed by atoms with Crippen molar-refractivity contribution in [3.8, 4) is 0 Å². The minimum Gasteiger partial charge on any atom is -0.378 e. The van der Waals surface area contributed by atoms with Crippen LogP contribution in [0, 0.1) is 5.92 Å². The van der Waals surface area contributed by atoms with Crippen LogP contribution in [0.15, 0.2) is 23.3 Å². The van der Waals surface area contributed by atoms with Crippen LogP contribution in [0.3, 0.4) is 0 Å². The molecule has 124 valence electrons. The fourth-order valence-electron chi connectivity index (χ4n) is 2.07. The van der Waals surface area contributed by atoms with Gasteiger partial charge in [-0.25, -0.2) is 4.98 Å². The molecule has 0 aliphatic carbocycles. The summed E-state index contributed by atoms with van der Waals surface area (Å²) in [6, 6.07) is 3.73. The lowest BCUT2D eigenvalue weighted by Crippen LogP contribution is -2.38. The highest BCUT2D eigenvalue weighted by Gasteiger charge is 2.12. The number of nitrogens with one attached hydrogen (secondary N) is 2. The van der Waals surface area contributed by atoms with Gasteiger partial charge in [-0.3, -0.25) is 4.99 Å². The molecule has 1 aromatic heterocycles. The molecule has 0 aliphatic heterocycles.